The SMILES string of the molecule is COc1ccc(F)cc1[C@H](Cn1c(=O)n(C(C)(C)C(=O)OCc2ccccc2)c(=O)c2c(C)c(-n3nccn3)sc21)OCC(C)(O)CO. The van der Waals surface area contributed by atoms with E-state index in [1.807, 2.05) is 6.07 Å². The van der Waals surface area contributed by atoms with Gasteiger partial charge in [0.25, 0.3) is 5.56 Å². The molecule has 0 aliphatic heterocycles. The Hall–Kier alpha value is -4.70. The summed E-state index contributed by atoms with van der Waals surface area (Å²) in [6, 6.07) is 12.7. The Balaban J connectivity index is 1.71. The van der Waals surface area contributed by atoms with E-state index in [1.165, 1.54) is 67.8 Å². The topological polar surface area (TPSA) is 160 Å². The molecule has 2 aromatic carbocycles. The summed E-state index contributed by atoms with van der Waals surface area (Å²) >= 11 is 1.07. The molecule has 0 saturated carbocycles. The number of aryl methyl sites for hydroxylation is 1. The molecule has 2 N–H and O–H groups in total. The van der Waals surface area contributed by atoms with Crippen molar-refractivity contribution in [1.82, 2.24) is 24.1 Å². The number of benzene rings is 2. The fraction of sp³-hybridized carbons (Fsp3) is 0.364. The van der Waals surface area contributed by atoms with Crippen molar-refractivity contribution >= 4 is 27.5 Å². The van der Waals surface area contributed by atoms with Crippen molar-refractivity contribution in [3.8, 4) is 10.8 Å². The molecule has 0 aliphatic carbocycles. The van der Waals surface area contributed by atoms with Crippen LogP contribution in [0.4, 0.5) is 4.39 Å². The van der Waals surface area contributed by atoms with Crippen LogP contribution in [-0.4, -0.2) is 66.2 Å². The normalized spacial score (nSPS) is 13.8. The predicted octanol–water partition coefficient (Wildman–Crippen LogP) is 3.24. The van der Waals surface area contributed by atoms with Crippen LogP contribution in [0.25, 0.3) is 15.2 Å². The summed E-state index contributed by atoms with van der Waals surface area (Å²) in [4.78, 5) is 43.9. The highest BCUT2D eigenvalue weighted by atomic mass is 32.1. The lowest BCUT2D eigenvalue weighted by molar-refractivity contribution is -0.154. The number of hydrogen-bond acceptors (Lipinski definition) is 11. The number of carbonyl (C=O) groups is 1. The second kappa shape index (κ2) is 13.8. The molecule has 5 rings (SSSR count). The molecule has 15 heteroatoms. The van der Waals surface area contributed by atoms with Gasteiger partial charge in [0.2, 0.25) is 0 Å². The fourth-order valence-corrected chi connectivity index (χ4v) is 6.40. The van der Waals surface area contributed by atoms with E-state index in [-0.39, 0.29) is 34.7 Å². The minimum atomic E-state index is -1.79. The summed E-state index contributed by atoms with van der Waals surface area (Å²) in [5.41, 5.74) is -3.69. The fourth-order valence-electron chi connectivity index (χ4n) is 5.18. The molecular formula is C33H36FN5O8S. The van der Waals surface area contributed by atoms with E-state index < -0.39 is 53.5 Å². The van der Waals surface area contributed by atoms with Gasteiger partial charge >= 0.3 is 11.7 Å². The number of carbonyl (C=O) groups excluding carboxylic acids is 1. The molecule has 0 saturated heterocycles. The predicted molar refractivity (Wildman–Crippen MR) is 175 cm³/mol. The number of halogens is 1. The number of hydrogen-bond donors (Lipinski definition) is 2. The molecule has 0 bridgehead atoms. The molecule has 0 amide bonds. The van der Waals surface area contributed by atoms with Crippen molar-refractivity contribution in [2.45, 2.75) is 58.1 Å². The maximum Gasteiger partial charge on any atom is 0.333 e. The Kier molecular flexibility index (Phi) is 9.96. The molecule has 0 fully saturated rings. The van der Waals surface area contributed by atoms with Gasteiger partial charge in [0, 0.05) is 11.1 Å². The van der Waals surface area contributed by atoms with Gasteiger partial charge in [-0.25, -0.2) is 18.5 Å². The van der Waals surface area contributed by atoms with Crippen LogP contribution >= 0.6 is 11.3 Å². The lowest BCUT2D eigenvalue weighted by atomic mass is 10.0. The van der Waals surface area contributed by atoms with Crippen molar-refractivity contribution in [1.29, 1.82) is 0 Å². The second-order valence-corrected chi connectivity index (χ2v) is 13.0. The summed E-state index contributed by atoms with van der Waals surface area (Å²) in [5, 5.41) is 29.2. The number of fused-ring (bicyclic) bond motifs is 1. The summed E-state index contributed by atoms with van der Waals surface area (Å²) in [7, 11) is 1.39. The van der Waals surface area contributed by atoms with Crippen LogP contribution in [0.2, 0.25) is 0 Å². The van der Waals surface area contributed by atoms with Crippen LogP contribution in [0.3, 0.4) is 0 Å². The zero-order valence-corrected chi connectivity index (χ0v) is 27.9. The number of aromatic nitrogens is 5. The van der Waals surface area contributed by atoms with Gasteiger partial charge in [-0.15, -0.1) is 4.80 Å². The van der Waals surface area contributed by atoms with Crippen molar-refractivity contribution in [2.24, 2.45) is 0 Å². The van der Waals surface area contributed by atoms with Crippen molar-refractivity contribution in [2.75, 3.05) is 20.3 Å². The molecule has 3 heterocycles. The van der Waals surface area contributed by atoms with Gasteiger partial charge in [0.15, 0.2) is 0 Å². The van der Waals surface area contributed by atoms with Crippen molar-refractivity contribution < 1.29 is 33.6 Å². The van der Waals surface area contributed by atoms with E-state index in [1.54, 1.807) is 31.2 Å². The first-order valence-electron chi connectivity index (χ1n) is 14.9. The van der Waals surface area contributed by atoms with Crippen LogP contribution in [-0.2, 0) is 33.0 Å². The average Bonchev–Trinajstić information content (AvgIpc) is 3.72. The quantitative estimate of drug-likeness (QED) is 0.177. The van der Waals surface area contributed by atoms with E-state index in [2.05, 4.69) is 10.2 Å². The van der Waals surface area contributed by atoms with Crippen LogP contribution in [0.5, 0.6) is 5.75 Å². The smallest absolute Gasteiger partial charge is 0.333 e. The third-order valence-corrected chi connectivity index (χ3v) is 9.16. The monoisotopic (exact) mass is 681 g/mol. The van der Waals surface area contributed by atoms with Crippen LogP contribution < -0.4 is 16.0 Å². The standard InChI is InChI=1S/C33H36FN5O8S/c1-20-26-27(41)38(32(2,3)30(42)46-17-21-9-7-6-8-10-21)31(43)37(29(26)48-28(20)39-35-13-14-36-39)16-25(47-19-33(4,44)18-40)23-15-22(34)11-12-24(23)45-5/h6-15,25,40,44H,16-19H2,1-5H3/t25-,33?/m0/s1. The lowest BCUT2D eigenvalue weighted by Crippen LogP contribution is -2.53. The molecular weight excluding hydrogens is 645 g/mol. The Morgan fingerprint density at radius 3 is 2.42 bits per heavy atom. The van der Waals surface area contributed by atoms with E-state index in [0.717, 1.165) is 21.5 Å². The van der Waals surface area contributed by atoms with Gasteiger partial charge in [-0.2, -0.15) is 10.2 Å². The number of aliphatic hydroxyl groups excluding tert-OH is 1. The van der Waals surface area contributed by atoms with Gasteiger partial charge < -0.3 is 24.4 Å². The highest BCUT2D eigenvalue weighted by Gasteiger charge is 2.38. The lowest BCUT2D eigenvalue weighted by Gasteiger charge is -2.28. The molecule has 254 valence electrons. The van der Waals surface area contributed by atoms with E-state index in [9.17, 15) is 29.0 Å². The van der Waals surface area contributed by atoms with Crippen LogP contribution in [0.15, 0.2) is 70.5 Å². The Bertz CT molecular complexity index is 2040. The van der Waals surface area contributed by atoms with Crippen molar-refractivity contribution in [3.63, 3.8) is 0 Å². The summed E-state index contributed by atoms with van der Waals surface area (Å²) in [6.45, 7) is 4.41. The molecule has 0 aliphatic rings. The third-order valence-electron chi connectivity index (χ3n) is 7.88. The Labute approximate surface area is 278 Å². The summed E-state index contributed by atoms with van der Waals surface area (Å²) < 4.78 is 33.9. The number of aliphatic hydroxyl groups is 2. The van der Waals surface area contributed by atoms with Gasteiger partial charge in [0.1, 0.15) is 45.2 Å². The Morgan fingerprint density at radius 2 is 1.77 bits per heavy atom. The minimum Gasteiger partial charge on any atom is -0.496 e. The van der Waals surface area contributed by atoms with Gasteiger partial charge in [0.05, 0.1) is 44.6 Å². The molecule has 13 nitrogen and oxygen atoms in total. The van der Waals surface area contributed by atoms with Crippen LogP contribution in [0.1, 0.15) is 43.6 Å². The Morgan fingerprint density at radius 1 is 1.08 bits per heavy atom. The number of ether oxygens (including phenoxy) is 3. The molecule has 48 heavy (non-hydrogen) atoms. The molecule has 0 radical (unpaired) electrons. The molecule has 2 atom stereocenters. The molecule has 3 aromatic heterocycles. The number of esters is 1. The highest BCUT2D eigenvalue weighted by Crippen LogP contribution is 2.35. The van der Waals surface area contributed by atoms with Gasteiger partial charge in [-0.1, -0.05) is 41.7 Å². The zero-order chi connectivity index (χ0) is 34.8. The summed E-state index contributed by atoms with van der Waals surface area (Å²) in [6.07, 6.45) is 1.78. The minimum absolute atomic E-state index is 0.0824. The third kappa shape index (κ3) is 6.80. The summed E-state index contributed by atoms with van der Waals surface area (Å²) in [5.74, 6) is -1.20. The van der Waals surface area contributed by atoms with Crippen molar-refractivity contribution in [3.05, 3.63) is 104 Å². The van der Waals surface area contributed by atoms with Crippen LogP contribution in [0, 0.1) is 12.7 Å². The first kappa shape index (κ1) is 34.6. The molecule has 0 spiro atoms. The van der Waals surface area contributed by atoms with E-state index >= 15 is 0 Å². The van der Waals surface area contributed by atoms with E-state index in [4.69, 9.17) is 14.2 Å². The zero-order valence-electron chi connectivity index (χ0n) is 27.0. The van der Waals surface area contributed by atoms with E-state index in [0.29, 0.717) is 10.6 Å². The maximum absolute atomic E-state index is 14.6. The number of thiophene rings is 1. The first-order valence-corrected chi connectivity index (χ1v) is 15.8. The molecule has 5 aromatic rings. The number of rotatable bonds is 13. The molecule has 1 unspecified atom stereocenters. The number of methoxy groups -OCH3 is 1. The van der Waals surface area contributed by atoms with Gasteiger partial charge in [-0.3, -0.25) is 9.36 Å². The highest BCUT2D eigenvalue weighted by molar-refractivity contribution is 7.21. The first-order chi connectivity index (χ1) is 22.8. The maximum atomic E-state index is 14.6. The number of nitrogens with zero attached hydrogens (tertiary/aromatic N) is 5. The van der Waals surface area contributed by atoms with Gasteiger partial charge in [-0.05, 0) is 51.5 Å². The average molecular weight is 682 g/mol. The second-order valence-electron chi connectivity index (χ2n) is 12.0. The largest absolute Gasteiger partial charge is 0.496 e.